The van der Waals surface area contributed by atoms with E-state index in [0.717, 1.165) is 16.8 Å². The van der Waals surface area contributed by atoms with Crippen molar-refractivity contribution in [3.8, 4) is 29.0 Å². The predicted molar refractivity (Wildman–Crippen MR) is 139 cm³/mol. The zero-order valence-electron chi connectivity index (χ0n) is 20.0. The van der Waals surface area contributed by atoms with Gasteiger partial charge in [0.1, 0.15) is 23.5 Å². The SMILES string of the molecule is CC#Cc1cccc2cc(C(C)Nc3ncnc(N)c3-c3nnc(C)o3)n(-c3ccccc3)c(=O)c12. The summed E-state index contributed by atoms with van der Waals surface area (Å²) < 4.78 is 7.29. The molecule has 3 aromatic heterocycles. The van der Waals surface area contributed by atoms with Crippen LogP contribution in [-0.2, 0) is 0 Å². The largest absolute Gasteiger partial charge is 0.421 e. The first-order valence-corrected chi connectivity index (χ1v) is 11.3. The first-order chi connectivity index (χ1) is 17.5. The summed E-state index contributed by atoms with van der Waals surface area (Å²) >= 11 is 0. The molecule has 0 spiro atoms. The third kappa shape index (κ3) is 4.05. The van der Waals surface area contributed by atoms with E-state index in [9.17, 15) is 4.79 Å². The fourth-order valence-electron chi connectivity index (χ4n) is 4.18. The van der Waals surface area contributed by atoms with E-state index in [4.69, 9.17) is 10.2 Å². The number of nitrogens with one attached hydrogen (secondary N) is 1. The standard InChI is InChI=1S/C27H23N7O2/c1-4-9-18-10-8-11-19-14-21(34(27(35)22(18)19)20-12-6-5-7-13-20)16(2)31-25-23(24(28)29-15-30-25)26-33-32-17(3)36-26/h5-8,10-16H,1-3H3,(H3,28,29,30,31). The maximum atomic E-state index is 13.9. The molecule has 0 aliphatic heterocycles. The zero-order valence-corrected chi connectivity index (χ0v) is 20.0. The van der Waals surface area contributed by atoms with Crippen molar-refractivity contribution in [1.82, 2.24) is 24.7 Å². The fraction of sp³-hybridized carbons (Fsp3) is 0.148. The fourth-order valence-corrected chi connectivity index (χ4v) is 4.18. The van der Waals surface area contributed by atoms with Gasteiger partial charge in [0, 0.05) is 23.9 Å². The molecule has 5 aromatic rings. The molecule has 0 radical (unpaired) electrons. The number of para-hydroxylation sites is 1. The van der Waals surface area contributed by atoms with Gasteiger partial charge >= 0.3 is 0 Å². The molecule has 9 nitrogen and oxygen atoms in total. The van der Waals surface area contributed by atoms with Crippen molar-refractivity contribution in [2.75, 3.05) is 11.1 Å². The average Bonchev–Trinajstić information content (AvgIpc) is 3.30. The molecule has 5 rings (SSSR count). The minimum absolute atomic E-state index is 0.157. The van der Waals surface area contributed by atoms with Crippen LogP contribution >= 0.6 is 0 Å². The van der Waals surface area contributed by atoms with Crippen molar-refractivity contribution in [3.63, 3.8) is 0 Å². The highest BCUT2D eigenvalue weighted by molar-refractivity contribution is 5.88. The highest BCUT2D eigenvalue weighted by Crippen LogP contribution is 2.32. The number of benzene rings is 2. The molecule has 9 heteroatoms. The monoisotopic (exact) mass is 477 g/mol. The van der Waals surface area contributed by atoms with Gasteiger partial charge in [0.15, 0.2) is 0 Å². The van der Waals surface area contributed by atoms with Crippen molar-refractivity contribution in [2.24, 2.45) is 0 Å². The van der Waals surface area contributed by atoms with Gasteiger partial charge in [-0.15, -0.1) is 16.1 Å². The maximum Gasteiger partial charge on any atom is 0.264 e. The van der Waals surface area contributed by atoms with Gasteiger partial charge in [0.25, 0.3) is 11.4 Å². The molecule has 3 heterocycles. The molecule has 1 unspecified atom stereocenters. The van der Waals surface area contributed by atoms with Crippen LogP contribution < -0.4 is 16.6 Å². The van der Waals surface area contributed by atoms with Gasteiger partial charge in [-0.05, 0) is 43.5 Å². The Morgan fingerprint density at radius 3 is 2.61 bits per heavy atom. The van der Waals surface area contributed by atoms with Crippen molar-refractivity contribution in [3.05, 3.63) is 88.4 Å². The molecule has 0 fully saturated rings. The first kappa shape index (κ1) is 22.8. The summed E-state index contributed by atoms with van der Waals surface area (Å²) in [5, 5.41) is 12.7. The molecular formula is C27H23N7O2. The maximum absolute atomic E-state index is 13.9. The summed E-state index contributed by atoms with van der Waals surface area (Å²) in [5.41, 5.74) is 8.56. The number of nitrogen functional groups attached to an aromatic ring is 1. The average molecular weight is 478 g/mol. The lowest BCUT2D eigenvalue weighted by atomic mass is 10.0. The highest BCUT2D eigenvalue weighted by atomic mass is 16.4. The summed E-state index contributed by atoms with van der Waals surface area (Å²) in [6.45, 7) is 5.39. The number of fused-ring (bicyclic) bond motifs is 1. The zero-order chi connectivity index (χ0) is 25.2. The minimum atomic E-state index is -0.375. The highest BCUT2D eigenvalue weighted by Gasteiger charge is 2.22. The lowest BCUT2D eigenvalue weighted by Gasteiger charge is -2.22. The summed E-state index contributed by atoms with van der Waals surface area (Å²) in [6.07, 6.45) is 1.36. The molecule has 3 N–H and O–H groups in total. The van der Waals surface area contributed by atoms with E-state index >= 15 is 0 Å². The molecular weight excluding hydrogens is 454 g/mol. The number of aryl methyl sites for hydroxylation is 1. The summed E-state index contributed by atoms with van der Waals surface area (Å²) in [4.78, 5) is 22.4. The number of rotatable bonds is 5. The first-order valence-electron chi connectivity index (χ1n) is 11.3. The molecule has 0 aliphatic carbocycles. The topological polar surface area (TPSA) is 125 Å². The van der Waals surface area contributed by atoms with Crippen LogP contribution in [0.2, 0.25) is 0 Å². The van der Waals surface area contributed by atoms with Gasteiger partial charge in [0.05, 0.1) is 11.4 Å². The van der Waals surface area contributed by atoms with Crippen LogP contribution in [0.15, 0.2) is 70.1 Å². The van der Waals surface area contributed by atoms with Crippen LogP contribution in [0.4, 0.5) is 11.6 Å². The van der Waals surface area contributed by atoms with Crippen molar-refractivity contribution < 1.29 is 4.42 Å². The van der Waals surface area contributed by atoms with Crippen LogP contribution in [0.3, 0.4) is 0 Å². The van der Waals surface area contributed by atoms with E-state index in [1.165, 1.54) is 6.33 Å². The third-order valence-corrected chi connectivity index (χ3v) is 5.76. The summed E-state index contributed by atoms with van der Waals surface area (Å²) in [7, 11) is 0. The molecule has 2 aromatic carbocycles. The van der Waals surface area contributed by atoms with Crippen molar-refractivity contribution in [2.45, 2.75) is 26.8 Å². The van der Waals surface area contributed by atoms with E-state index in [1.807, 2.05) is 61.5 Å². The second kappa shape index (κ2) is 9.35. The van der Waals surface area contributed by atoms with Gasteiger partial charge in [-0.2, -0.15) is 0 Å². The van der Waals surface area contributed by atoms with E-state index in [0.29, 0.717) is 28.2 Å². The lowest BCUT2D eigenvalue weighted by Crippen LogP contribution is -2.26. The molecule has 178 valence electrons. The second-order valence-electron chi connectivity index (χ2n) is 8.16. The Kier molecular flexibility index (Phi) is 5.92. The molecule has 0 amide bonds. The lowest BCUT2D eigenvalue weighted by molar-refractivity contribution is 0.532. The second-order valence-corrected chi connectivity index (χ2v) is 8.16. The van der Waals surface area contributed by atoms with Crippen LogP contribution in [-0.4, -0.2) is 24.7 Å². The normalized spacial score (nSPS) is 11.6. The van der Waals surface area contributed by atoms with Crippen LogP contribution in [0, 0.1) is 18.8 Å². The van der Waals surface area contributed by atoms with Gasteiger partial charge in [-0.25, -0.2) is 9.97 Å². The van der Waals surface area contributed by atoms with Gasteiger partial charge < -0.3 is 15.5 Å². The molecule has 1 atom stereocenters. The molecule has 0 bridgehead atoms. The quantitative estimate of drug-likeness (QED) is 0.360. The minimum Gasteiger partial charge on any atom is -0.421 e. The van der Waals surface area contributed by atoms with Gasteiger partial charge in [-0.1, -0.05) is 36.3 Å². The number of pyridine rings is 1. The van der Waals surface area contributed by atoms with Crippen molar-refractivity contribution >= 4 is 22.4 Å². The van der Waals surface area contributed by atoms with Gasteiger partial charge in [0.2, 0.25) is 5.89 Å². The summed E-state index contributed by atoms with van der Waals surface area (Å²) in [5.74, 6) is 7.18. The number of nitrogens with zero attached hydrogens (tertiary/aromatic N) is 5. The van der Waals surface area contributed by atoms with E-state index in [2.05, 4.69) is 37.3 Å². The van der Waals surface area contributed by atoms with E-state index in [-0.39, 0.29) is 23.3 Å². The number of hydrogen-bond donors (Lipinski definition) is 2. The van der Waals surface area contributed by atoms with Crippen LogP contribution in [0.5, 0.6) is 0 Å². The van der Waals surface area contributed by atoms with Crippen LogP contribution in [0.25, 0.3) is 27.9 Å². The molecule has 0 saturated carbocycles. The van der Waals surface area contributed by atoms with Gasteiger partial charge in [-0.3, -0.25) is 9.36 Å². The van der Waals surface area contributed by atoms with E-state index in [1.54, 1.807) is 18.4 Å². The number of anilines is 2. The summed E-state index contributed by atoms with van der Waals surface area (Å²) in [6, 6.07) is 16.8. The van der Waals surface area contributed by atoms with E-state index < -0.39 is 0 Å². The number of aromatic nitrogens is 5. The number of hydrogen-bond acceptors (Lipinski definition) is 8. The smallest absolute Gasteiger partial charge is 0.264 e. The Balaban J connectivity index is 1.70. The Bertz CT molecular complexity index is 1690. The Hall–Kier alpha value is -4.97. The Labute approximate surface area is 207 Å². The van der Waals surface area contributed by atoms with Crippen LogP contribution in [0.1, 0.15) is 37.0 Å². The molecule has 0 aliphatic rings. The molecule has 0 saturated heterocycles. The predicted octanol–water partition coefficient (Wildman–Crippen LogP) is 4.27. The van der Waals surface area contributed by atoms with Crippen molar-refractivity contribution in [1.29, 1.82) is 0 Å². The third-order valence-electron chi connectivity index (χ3n) is 5.76. The number of nitrogens with two attached hydrogens (primary N) is 1. The Morgan fingerprint density at radius 1 is 1.08 bits per heavy atom. The Morgan fingerprint density at radius 2 is 1.89 bits per heavy atom. The molecule has 36 heavy (non-hydrogen) atoms.